The van der Waals surface area contributed by atoms with Crippen molar-refractivity contribution in [1.82, 2.24) is 9.55 Å². The van der Waals surface area contributed by atoms with E-state index in [9.17, 15) is 14.0 Å². The van der Waals surface area contributed by atoms with Crippen LogP contribution in [0.15, 0.2) is 47.3 Å². The van der Waals surface area contributed by atoms with Crippen LogP contribution in [0, 0.1) is 10.6 Å². The molecule has 160 valence electrons. The number of H-pyrrole nitrogens is 1. The minimum Gasteiger partial charge on any atom is -0.493 e. The van der Waals surface area contributed by atoms with E-state index < -0.39 is 5.92 Å². The molecule has 1 amide bonds. The topological polar surface area (TPSA) is 85.4 Å². The lowest BCUT2D eigenvalue weighted by molar-refractivity contribution is -0.116. The second kappa shape index (κ2) is 8.35. The number of carbonyl (C=O) groups excluding carboxylic acids is 1. The molecule has 4 rings (SSSR count). The Morgan fingerprint density at radius 2 is 1.97 bits per heavy atom. The first-order valence-corrected chi connectivity index (χ1v) is 9.97. The van der Waals surface area contributed by atoms with Gasteiger partial charge in [-0.25, -0.2) is 4.39 Å². The number of ether oxygens (including phenoxy) is 2. The summed E-state index contributed by atoms with van der Waals surface area (Å²) in [6, 6.07) is 11.6. The van der Waals surface area contributed by atoms with Gasteiger partial charge in [-0.15, -0.1) is 0 Å². The summed E-state index contributed by atoms with van der Waals surface area (Å²) < 4.78 is 26.9. The second-order valence-corrected chi connectivity index (χ2v) is 7.56. The molecule has 2 N–H and O–H groups in total. The first-order valence-electron chi connectivity index (χ1n) is 9.56. The van der Waals surface area contributed by atoms with Crippen molar-refractivity contribution < 1.29 is 18.7 Å². The number of methoxy groups -OCH3 is 1. The third-order valence-electron chi connectivity index (χ3n) is 5.29. The number of fused-ring (bicyclic) bond motifs is 1. The standard InChI is InChI=1S/C22H20FN3O4S/c1-26-20-19(21(28)25-22(26)31)14(10-18(27)24-20)12-7-8-16(17(9-12)29-2)30-11-13-5-3-4-6-15(13)23/h3-9,14H,10-11H2,1-2H3,(H,24,27)(H,25,28,31). The lowest BCUT2D eigenvalue weighted by atomic mass is 9.86. The van der Waals surface area contributed by atoms with E-state index >= 15 is 0 Å². The van der Waals surface area contributed by atoms with Crippen LogP contribution in [0.1, 0.15) is 29.0 Å². The Balaban J connectivity index is 1.70. The van der Waals surface area contributed by atoms with Crippen molar-refractivity contribution in [2.24, 2.45) is 7.05 Å². The average molecular weight is 441 g/mol. The van der Waals surface area contributed by atoms with Gasteiger partial charge in [0.05, 0.1) is 12.7 Å². The lowest BCUT2D eigenvalue weighted by Gasteiger charge is -2.27. The quantitative estimate of drug-likeness (QED) is 0.591. The molecule has 7 nitrogen and oxygen atoms in total. The van der Waals surface area contributed by atoms with Gasteiger partial charge in [0.25, 0.3) is 5.56 Å². The number of nitrogens with zero attached hydrogens (tertiary/aromatic N) is 1. The minimum atomic E-state index is -0.483. The molecule has 1 aliphatic heterocycles. The molecule has 1 aromatic heterocycles. The smallest absolute Gasteiger partial charge is 0.257 e. The largest absolute Gasteiger partial charge is 0.493 e. The fraction of sp³-hybridized carbons (Fsp3) is 0.227. The third-order valence-corrected chi connectivity index (χ3v) is 5.66. The predicted octanol–water partition coefficient (Wildman–Crippen LogP) is 3.64. The fourth-order valence-electron chi connectivity index (χ4n) is 3.66. The van der Waals surface area contributed by atoms with Gasteiger partial charge in [0, 0.05) is 24.9 Å². The number of hydrogen-bond donors (Lipinski definition) is 2. The maximum atomic E-state index is 13.9. The maximum Gasteiger partial charge on any atom is 0.257 e. The molecule has 0 spiro atoms. The Morgan fingerprint density at radius 3 is 2.71 bits per heavy atom. The monoisotopic (exact) mass is 441 g/mol. The Kier molecular flexibility index (Phi) is 5.60. The van der Waals surface area contributed by atoms with Crippen LogP contribution in [0.3, 0.4) is 0 Å². The number of carbonyl (C=O) groups is 1. The summed E-state index contributed by atoms with van der Waals surface area (Å²) in [4.78, 5) is 27.6. The van der Waals surface area contributed by atoms with Crippen molar-refractivity contribution in [3.8, 4) is 11.5 Å². The predicted molar refractivity (Wildman–Crippen MR) is 116 cm³/mol. The summed E-state index contributed by atoms with van der Waals surface area (Å²) in [5.41, 5.74) is 1.22. The summed E-state index contributed by atoms with van der Waals surface area (Å²) in [6.45, 7) is 0.0359. The molecule has 0 fully saturated rings. The van der Waals surface area contributed by atoms with Crippen LogP contribution in [-0.4, -0.2) is 22.6 Å². The fourth-order valence-corrected chi connectivity index (χ4v) is 3.84. The molecule has 2 aromatic carbocycles. The first kappa shape index (κ1) is 20.8. The molecule has 0 aliphatic carbocycles. The molecule has 0 saturated heterocycles. The number of amides is 1. The van der Waals surface area contributed by atoms with Gasteiger partial charge in [-0.1, -0.05) is 24.3 Å². The molecule has 9 heteroatoms. The Bertz CT molecular complexity index is 1280. The van der Waals surface area contributed by atoms with E-state index in [1.54, 1.807) is 48.0 Å². The molecular formula is C22H20FN3O4S. The van der Waals surface area contributed by atoms with Crippen LogP contribution in [0.25, 0.3) is 0 Å². The van der Waals surface area contributed by atoms with Crippen molar-refractivity contribution in [2.75, 3.05) is 12.4 Å². The Labute approximate surface area is 182 Å². The highest BCUT2D eigenvalue weighted by atomic mass is 32.1. The molecule has 1 aliphatic rings. The van der Waals surface area contributed by atoms with Crippen molar-refractivity contribution in [3.05, 3.63) is 80.1 Å². The molecule has 0 radical (unpaired) electrons. The number of anilines is 1. The van der Waals surface area contributed by atoms with Gasteiger partial charge in [-0.3, -0.25) is 14.6 Å². The van der Waals surface area contributed by atoms with Crippen LogP contribution in [0.4, 0.5) is 10.2 Å². The second-order valence-electron chi connectivity index (χ2n) is 7.18. The number of rotatable bonds is 5. The average Bonchev–Trinajstić information content (AvgIpc) is 2.76. The van der Waals surface area contributed by atoms with E-state index in [2.05, 4.69) is 10.3 Å². The van der Waals surface area contributed by atoms with Gasteiger partial charge in [-0.05, 0) is 36.0 Å². The van der Waals surface area contributed by atoms with Crippen LogP contribution >= 0.6 is 12.2 Å². The van der Waals surface area contributed by atoms with Crippen molar-refractivity contribution in [1.29, 1.82) is 0 Å². The van der Waals surface area contributed by atoms with Crippen molar-refractivity contribution in [2.45, 2.75) is 18.9 Å². The Hall–Kier alpha value is -3.46. The van der Waals surface area contributed by atoms with Gasteiger partial charge < -0.3 is 19.4 Å². The Morgan fingerprint density at radius 1 is 1.19 bits per heavy atom. The summed E-state index contributed by atoms with van der Waals surface area (Å²) in [5.74, 6) is 0.179. The SMILES string of the molecule is COc1cc(C2CC(=O)Nc3c2c(=O)[nH]c(=S)n3C)ccc1OCc1ccccc1F. The summed E-state index contributed by atoms with van der Waals surface area (Å²) >= 11 is 5.15. The number of halogens is 1. The third kappa shape index (κ3) is 3.96. The van der Waals surface area contributed by atoms with Crippen molar-refractivity contribution in [3.63, 3.8) is 0 Å². The van der Waals surface area contributed by atoms with Gasteiger partial charge in [0.2, 0.25) is 5.91 Å². The van der Waals surface area contributed by atoms with E-state index in [-0.39, 0.29) is 35.1 Å². The molecule has 0 saturated carbocycles. The van der Waals surface area contributed by atoms with Gasteiger partial charge in [0.15, 0.2) is 16.3 Å². The molecule has 0 bridgehead atoms. The summed E-state index contributed by atoms with van der Waals surface area (Å²) in [6.07, 6.45) is 0.103. The highest BCUT2D eigenvalue weighted by Crippen LogP contribution is 2.38. The van der Waals surface area contributed by atoms with E-state index in [0.717, 1.165) is 0 Å². The van der Waals surface area contributed by atoms with Gasteiger partial charge >= 0.3 is 0 Å². The molecule has 31 heavy (non-hydrogen) atoms. The molecule has 1 unspecified atom stereocenters. The van der Waals surface area contributed by atoms with Crippen LogP contribution in [-0.2, 0) is 18.4 Å². The maximum absolute atomic E-state index is 13.9. The van der Waals surface area contributed by atoms with Gasteiger partial charge in [-0.2, -0.15) is 0 Å². The molecule has 1 atom stereocenters. The van der Waals surface area contributed by atoms with E-state index in [1.807, 2.05) is 0 Å². The minimum absolute atomic E-state index is 0.0359. The number of aromatic amines is 1. The summed E-state index contributed by atoms with van der Waals surface area (Å²) in [5, 5.41) is 2.74. The van der Waals surface area contributed by atoms with Crippen LogP contribution in [0.5, 0.6) is 11.5 Å². The first-order chi connectivity index (χ1) is 14.9. The number of hydrogen-bond acceptors (Lipinski definition) is 5. The van der Waals surface area contributed by atoms with E-state index in [1.165, 1.54) is 13.2 Å². The van der Waals surface area contributed by atoms with Crippen LogP contribution in [0.2, 0.25) is 0 Å². The number of nitrogens with one attached hydrogen (secondary N) is 2. The summed E-state index contributed by atoms with van der Waals surface area (Å²) in [7, 11) is 3.17. The molecular weight excluding hydrogens is 421 g/mol. The zero-order valence-corrected chi connectivity index (χ0v) is 17.7. The van der Waals surface area contributed by atoms with E-state index in [0.29, 0.717) is 34.0 Å². The zero-order chi connectivity index (χ0) is 22.1. The molecule has 2 heterocycles. The lowest BCUT2D eigenvalue weighted by Crippen LogP contribution is -2.33. The van der Waals surface area contributed by atoms with Crippen LogP contribution < -0.4 is 20.3 Å². The zero-order valence-electron chi connectivity index (χ0n) is 16.9. The normalized spacial score (nSPS) is 15.2. The van der Waals surface area contributed by atoms with E-state index in [4.69, 9.17) is 21.7 Å². The number of benzene rings is 2. The van der Waals surface area contributed by atoms with Gasteiger partial charge in [0.1, 0.15) is 18.2 Å². The number of aromatic nitrogens is 2. The highest BCUT2D eigenvalue weighted by Gasteiger charge is 2.31. The molecule has 3 aromatic rings. The van der Waals surface area contributed by atoms with Crippen molar-refractivity contribution >= 4 is 23.9 Å². The highest BCUT2D eigenvalue weighted by molar-refractivity contribution is 7.71.